The van der Waals surface area contributed by atoms with E-state index in [1.807, 2.05) is 38.1 Å². The van der Waals surface area contributed by atoms with Crippen molar-refractivity contribution in [1.82, 2.24) is 4.90 Å². The number of hydrogen-bond donors (Lipinski definition) is 1. The first-order valence-electron chi connectivity index (χ1n) is 7.15. The molecule has 2 rings (SSSR count). The number of aryl methyl sites for hydroxylation is 1. The molecule has 0 bridgehead atoms. The molecule has 1 unspecified atom stereocenters. The van der Waals surface area contributed by atoms with E-state index >= 15 is 0 Å². The van der Waals surface area contributed by atoms with Crippen LogP contribution in [0.2, 0.25) is 0 Å². The van der Waals surface area contributed by atoms with E-state index in [2.05, 4.69) is 0 Å². The zero-order chi connectivity index (χ0) is 14.8. The summed E-state index contributed by atoms with van der Waals surface area (Å²) in [5, 5.41) is 0. The van der Waals surface area contributed by atoms with Crippen LogP contribution in [0.5, 0.6) is 5.75 Å². The Hall–Kier alpha value is -1.55. The van der Waals surface area contributed by atoms with Gasteiger partial charge in [-0.3, -0.25) is 4.79 Å². The summed E-state index contributed by atoms with van der Waals surface area (Å²) in [6, 6.07) is 7.90. The highest BCUT2D eigenvalue weighted by Gasteiger charge is 2.45. The van der Waals surface area contributed by atoms with Crippen LogP contribution in [-0.2, 0) is 4.79 Å². The van der Waals surface area contributed by atoms with Crippen molar-refractivity contribution in [1.29, 1.82) is 0 Å². The molecule has 0 aromatic heterocycles. The molecule has 4 nitrogen and oxygen atoms in total. The van der Waals surface area contributed by atoms with Gasteiger partial charge in [0.25, 0.3) is 0 Å². The van der Waals surface area contributed by atoms with E-state index in [1.165, 1.54) is 0 Å². The summed E-state index contributed by atoms with van der Waals surface area (Å²) in [6.07, 6.45) is 2.12. The number of nitrogens with two attached hydrogens (primary N) is 1. The average Bonchev–Trinajstić information content (AvgIpc) is 3.22. The largest absolute Gasteiger partial charge is 0.492 e. The minimum Gasteiger partial charge on any atom is -0.492 e. The average molecular weight is 276 g/mol. The second-order valence-corrected chi connectivity index (χ2v) is 5.95. The Morgan fingerprint density at radius 3 is 2.80 bits per heavy atom. The van der Waals surface area contributed by atoms with Crippen molar-refractivity contribution in [2.45, 2.75) is 32.2 Å². The molecule has 1 atom stereocenters. The fraction of sp³-hybridized carbons (Fsp3) is 0.562. The van der Waals surface area contributed by atoms with Crippen LogP contribution in [0.4, 0.5) is 0 Å². The Morgan fingerprint density at radius 1 is 1.50 bits per heavy atom. The number of benzene rings is 1. The van der Waals surface area contributed by atoms with Crippen LogP contribution in [0.3, 0.4) is 0 Å². The number of carbonyl (C=O) groups excluding carboxylic acids is 1. The Bertz CT molecular complexity index is 481. The minimum absolute atomic E-state index is 0.00726. The molecule has 0 aliphatic heterocycles. The highest BCUT2D eigenvalue weighted by molar-refractivity contribution is 5.86. The first-order valence-corrected chi connectivity index (χ1v) is 7.15. The second kappa shape index (κ2) is 5.83. The van der Waals surface area contributed by atoms with Gasteiger partial charge in [0.1, 0.15) is 12.4 Å². The van der Waals surface area contributed by atoms with Crippen LogP contribution in [0.15, 0.2) is 24.3 Å². The number of likely N-dealkylation sites (N-methyl/N-ethyl adjacent to an activating group) is 1. The molecule has 1 amide bonds. The van der Waals surface area contributed by atoms with Crippen molar-refractivity contribution < 1.29 is 9.53 Å². The van der Waals surface area contributed by atoms with Crippen LogP contribution < -0.4 is 10.5 Å². The third-order valence-electron chi connectivity index (χ3n) is 3.92. The molecule has 0 saturated heterocycles. The van der Waals surface area contributed by atoms with Crippen molar-refractivity contribution in [2.75, 3.05) is 20.2 Å². The third kappa shape index (κ3) is 3.51. The molecule has 1 aromatic carbocycles. The molecule has 1 aliphatic rings. The van der Waals surface area contributed by atoms with Gasteiger partial charge in [-0.25, -0.2) is 0 Å². The Kier molecular flexibility index (Phi) is 4.33. The lowest BCUT2D eigenvalue weighted by atomic mass is 9.95. The molecule has 1 fully saturated rings. The lowest BCUT2D eigenvalue weighted by Gasteiger charge is -2.29. The van der Waals surface area contributed by atoms with Crippen molar-refractivity contribution in [3.63, 3.8) is 0 Å². The van der Waals surface area contributed by atoms with E-state index in [4.69, 9.17) is 10.5 Å². The maximum atomic E-state index is 12.3. The van der Waals surface area contributed by atoms with Gasteiger partial charge < -0.3 is 15.4 Å². The van der Waals surface area contributed by atoms with E-state index in [1.54, 1.807) is 11.9 Å². The van der Waals surface area contributed by atoms with Gasteiger partial charge in [0.15, 0.2) is 0 Å². The van der Waals surface area contributed by atoms with Gasteiger partial charge >= 0.3 is 0 Å². The molecule has 0 spiro atoms. The van der Waals surface area contributed by atoms with Gasteiger partial charge in [-0.2, -0.15) is 0 Å². The van der Waals surface area contributed by atoms with Crippen LogP contribution >= 0.6 is 0 Å². The lowest BCUT2D eigenvalue weighted by molar-refractivity contribution is -0.136. The van der Waals surface area contributed by atoms with Crippen LogP contribution in [0.1, 0.15) is 25.3 Å². The standard InChI is InChI=1S/C16H24N2O2/c1-12-5-4-6-14(11-12)20-10-9-18(3)15(19)16(2,17)13-7-8-13/h4-6,11,13H,7-10,17H2,1-3H3. The van der Waals surface area contributed by atoms with Gasteiger partial charge in [0.2, 0.25) is 5.91 Å². The molecular weight excluding hydrogens is 252 g/mol. The summed E-state index contributed by atoms with van der Waals surface area (Å²) in [7, 11) is 1.79. The predicted octanol–water partition coefficient (Wildman–Crippen LogP) is 1.96. The Morgan fingerprint density at radius 2 is 2.20 bits per heavy atom. The van der Waals surface area contributed by atoms with Crippen molar-refractivity contribution in [2.24, 2.45) is 11.7 Å². The molecule has 1 aliphatic carbocycles. The highest BCUT2D eigenvalue weighted by Crippen LogP contribution is 2.38. The minimum atomic E-state index is -0.724. The van der Waals surface area contributed by atoms with Crippen LogP contribution in [0, 0.1) is 12.8 Å². The molecule has 1 saturated carbocycles. The molecule has 0 radical (unpaired) electrons. The summed E-state index contributed by atoms with van der Waals surface area (Å²) >= 11 is 0. The van der Waals surface area contributed by atoms with Crippen molar-refractivity contribution in [3.05, 3.63) is 29.8 Å². The molecule has 110 valence electrons. The summed E-state index contributed by atoms with van der Waals surface area (Å²) < 4.78 is 5.66. The van der Waals surface area contributed by atoms with E-state index in [0.717, 1.165) is 24.2 Å². The predicted molar refractivity (Wildman–Crippen MR) is 79.6 cm³/mol. The first-order chi connectivity index (χ1) is 9.41. The van der Waals surface area contributed by atoms with Crippen LogP contribution in [-0.4, -0.2) is 36.5 Å². The number of hydrogen-bond acceptors (Lipinski definition) is 3. The van der Waals surface area contributed by atoms with Crippen LogP contribution in [0.25, 0.3) is 0 Å². The fourth-order valence-corrected chi connectivity index (χ4v) is 2.38. The first kappa shape index (κ1) is 14.9. The molecule has 0 heterocycles. The molecule has 4 heteroatoms. The topological polar surface area (TPSA) is 55.6 Å². The van der Waals surface area contributed by atoms with Gasteiger partial charge in [-0.05, 0) is 50.3 Å². The second-order valence-electron chi connectivity index (χ2n) is 5.95. The number of amides is 1. The quantitative estimate of drug-likeness (QED) is 0.864. The zero-order valence-electron chi connectivity index (χ0n) is 12.6. The number of carbonyl (C=O) groups is 1. The van der Waals surface area contributed by atoms with Gasteiger partial charge in [0.05, 0.1) is 12.1 Å². The lowest BCUT2D eigenvalue weighted by Crippen LogP contribution is -2.54. The third-order valence-corrected chi connectivity index (χ3v) is 3.92. The van der Waals surface area contributed by atoms with E-state index < -0.39 is 5.54 Å². The van der Waals surface area contributed by atoms with E-state index in [9.17, 15) is 4.79 Å². The smallest absolute Gasteiger partial charge is 0.242 e. The summed E-state index contributed by atoms with van der Waals surface area (Å²) in [5.41, 5.74) is 6.58. The Labute approximate surface area is 120 Å². The number of ether oxygens (including phenoxy) is 1. The summed E-state index contributed by atoms with van der Waals surface area (Å²) in [6.45, 7) is 4.89. The van der Waals surface area contributed by atoms with Crippen molar-refractivity contribution >= 4 is 5.91 Å². The summed E-state index contributed by atoms with van der Waals surface area (Å²) in [4.78, 5) is 14.0. The Balaban J connectivity index is 1.80. The molecular formula is C16H24N2O2. The highest BCUT2D eigenvalue weighted by atomic mass is 16.5. The zero-order valence-corrected chi connectivity index (χ0v) is 12.6. The molecule has 2 N–H and O–H groups in total. The fourth-order valence-electron chi connectivity index (χ4n) is 2.38. The SMILES string of the molecule is Cc1cccc(OCCN(C)C(=O)C(C)(N)C2CC2)c1. The maximum absolute atomic E-state index is 12.3. The van der Waals surface area contributed by atoms with E-state index in [-0.39, 0.29) is 5.91 Å². The number of nitrogens with zero attached hydrogens (tertiary/aromatic N) is 1. The number of rotatable bonds is 6. The molecule has 20 heavy (non-hydrogen) atoms. The van der Waals surface area contributed by atoms with Gasteiger partial charge in [-0.15, -0.1) is 0 Å². The van der Waals surface area contributed by atoms with E-state index in [0.29, 0.717) is 19.1 Å². The maximum Gasteiger partial charge on any atom is 0.242 e. The summed E-state index contributed by atoms with van der Waals surface area (Å²) in [5.74, 6) is 1.19. The van der Waals surface area contributed by atoms with Crippen molar-refractivity contribution in [3.8, 4) is 5.75 Å². The van der Waals surface area contributed by atoms with Gasteiger partial charge in [-0.1, -0.05) is 12.1 Å². The van der Waals surface area contributed by atoms with Gasteiger partial charge in [0, 0.05) is 7.05 Å². The molecule has 1 aromatic rings. The monoisotopic (exact) mass is 276 g/mol. The normalized spacial score (nSPS) is 17.4.